The predicted molar refractivity (Wildman–Crippen MR) is 75.8 cm³/mol. The molecule has 2 rings (SSSR count). The van der Waals surface area contributed by atoms with Crippen molar-refractivity contribution in [1.82, 2.24) is 10.6 Å². The van der Waals surface area contributed by atoms with E-state index in [1.807, 2.05) is 13.0 Å². The first kappa shape index (κ1) is 15.4. The molecule has 0 aromatic heterocycles. The van der Waals surface area contributed by atoms with Crippen molar-refractivity contribution < 1.29 is 14.3 Å². The van der Waals surface area contributed by atoms with Crippen LogP contribution in [0.25, 0.3) is 0 Å². The molecule has 1 aliphatic heterocycles. The fraction of sp³-hybridized carbons (Fsp3) is 0.667. The summed E-state index contributed by atoms with van der Waals surface area (Å²) in [5.74, 6) is -1.13. The van der Waals surface area contributed by atoms with Gasteiger partial charge < -0.3 is 15.4 Å². The molecule has 0 bridgehead atoms. The summed E-state index contributed by atoms with van der Waals surface area (Å²) in [6, 6.07) is 1.98. The van der Waals surface area contributed by atoms with E-state index in [0.29, 0.717) is 6.42 Å². The zero-order chi connectivity index (χ0) is 15.4. The summed E-state index contributed by atoms with van der Waals surface area (Å²) in [4.78, 5) is 24.1. The lowest BCUT2D eigenvalue weighted by molar-refractivity contribution is -0.143. The topological polar surface area (TPSA) is 91.2 Å². The Labute approximate surface area is 124 Å². The molecule has 21 heavy (non-hydrogen) atoms. The fourth-order valence-electron chi connectivity index (χ4n) is 2.68. The molecular weight excluding hydrogens is 270 g/mol. The highest BCUT2D eigenvalue weighted by molar-refractivity contribution is 6.05. The van der Waals surface area contributed by atoms with Crippen LogP contribution in [0.1, 0.15) is 46.0 Å². The maximum absolute atomic E-state index is 12.1. The Kier molecular flexibility index (Phi) is 4.84. The number of ether oxygens (including phenoxy) is 1. The predicted octanol–water partition coefficient (Wildman–Crippen LogP) is 1.14. The third-order valence-electron chi connectivity index (χ3n) is 4.09. The normalized spacial score (nSPS) is 28.3. The van der Waals surface area contributed by atoms with Gasteiger partial charge in [-0.25, -0.2) is 4.79 Å². The van der Waals surface area contributed by atoms with Gasteiger partial charge in [0.1, 0.15) is 11.8 Å². The van der Waals surface area contributed by atoms with E-state index in [0.717, 1.165) is 25.7 Å². The number of hydrogen-bond donors (Lipinski definition) is 2. The van der Waals surface area contributed by atoms with Gasteiger partial charge in [-0.3, -0.25) is 4.79 Å². The number of hydrogen-bond acceptors (Lipinski definition) is 5. The van der Waals surface area contributed by atoms with Crippen LogP contribution in [0.3, 0.4) is 0 Å². The maximum atomic E-state index is 12.1. The maximum Gasteiger partial charge on any atom is 0.351 e. The van der Waals surface area contributed by atoms with Gasteiger partial charge in [-0.2, -0.15) is 5.26 Å². The van der Waals surface area contributed by atoms with Crippen LogP contribution in [0.2, 0.25) is 0 Å². The van der Waals surface area contributed by atoms with Crippen molar-refractivity contribution in [2.24, 2.45) is 0 Å². The Morgan fingerprint density at radius 3 is 2.57 bits per heavy atom. The van der Waals surface area contributed by atoms with Crippen molar-refractivity contribution in [2.45, 2.75) is 64.1 Å². The Hall–Kier alpha value is -2.03. The molecule has 0 spiro atoms. The minimum Gasteiger partial charge on any atom is -0.459 e. The van der Waals surface area contributed by atoms with E-state index >= 15 is 0 Å². The number of rotatable bonds is 3. The van der Waals surface area contributed by atoms with Crippen molar-refractivity contribution in [2.75, 3.05) is 0 Å². The van der Waals surface area contributed by atoms with Crippen LogP contribution < -0.4 is 10.6 Å². The van der Waals surface area contributed by atoms with Gasteiger partial charge in [0.05, 0.1) is 6.10 Å². The lowest BCUT2D eigenvalue weighted by Gasteiger charge is -2.38. The van der Waals surface area contributed by atoms with Crippen LogP contribution in [-0.4, -0.2) is 30.1 Å². The Morgan fingerprint density at radius 2 is 2.00 bits per heavy atom. The number of nitrogens with one attached hydrogen (secondary N) is 2. The molecule has 1 saturated carbocycles. The Morgan fingerprint density at radius 1 is 1.38 bits per heavy atom. The number of carbonyl (C=O) groups excluding carboxylic acids is 2. The molecule has 0 radical (unpaired) electrons. The molecule has 114 valence electrons. The number of carbonyl (C=O) groups is 2. The van der Waals surface area contributed by atoms with Gasteiger partial charge >= 0.3 is 5.97 Å². The Balaban J connectivity index is 2.20. The molecule has 1 aliphatic carbocycles. The van der Waals surface area contributed by atoms with Crippen molar-refractivity contribution in [3.63, 3.8) is 0 Å². The van der Waals surface area contributed by atoms with Crippen LogP contribution >= 0.6 is 0 Å². The number of amides is 1. The van der Waals surface area contributed by atoms with E-state index in [4.69, 9.17) is 4.74 Å². The lowest BCUT2D eigenvalue weighted by atomic mass is 9.88. The standard InChI is InChI=1S/C15H21N3O3/c1-3-9(2)21-15(20)10(8-16)13-14(19)18-12-7-5-4-6-11(12)17-13/h9,11-12,17H,3-7H2,1-2H3,(H,18,19)/b13-10-/t9?,11-,12-/m0/s1. The van der Waals surface area contributed by atoms with E-state index < -0.39 is 11.9 Å². The second kappa shape index (κ2) is 6.61. The molecule has 1 amide bonds. The highest BCUT2D eigenvalue weighted by Gasteiger charge is 2.36. The third-order valence-corrected chi connectivity index (χ3v) is 4.09. The number of esters is 1. The van der Waals surface area contributed by atoms with Gasteiger partial charge in [0.25, 0.3) is 5.91 Å². The lowest BCUT2D eigenvalue weighted by Crippen LogP contribution is -2.59. The van der Waals surface area contributed by atoms with Gasteiger partial charge in [-0.05, 0) is 26.2 Å². The van der Waals surface area contributed by atoms with Crippen LogP contribution in [-0.2, 0) is 14.3 Å². The largest absolute Gasteiger partial charge is 0.459 e. The van der Waals surface area contributed by atoms with Crippen molar-refractivity contribution >= 4 is 11.9 Å². The molecule has 2 N–H and O–H groups in total. The van der Waals surface area contributed by atoms with Crippen molar-refractivity contribution in [1.29, 1.82) is 5.26 Å². The molecule has 1 heterocycles. The SMILES string of the molecule is CCC(C)OC(=O)/C(C#N)=C1\N[C@H]2CCCC[C@@H]2NC1=O. The summed E-state index contributed by atoms with van der Waals surface area (Å²) in [6.45, 7) is 3.64. The van der Waals surface area contributed by atoms with Crippen molar-refractivity contribution in [3.05, 3.63) is 11.3 Å². The average Bonchev–Trinajstić information content (AvgIpc) is 2.48. The minimum atomic E-state index is -0.737. The first-order valence-electron chi connectivity index (χ1n) is 7.49. The monoisotopic (exact) mass is 291 g/mol. The summed E-state index contributed by atoms with van der Waals surface area (Å²) >= 11 is 0. The number of piperazine rings is 1. The number of nitrogens with zero attached hydrogens (tertiary/aromatic N) is 1. The molecular formula is C15H21N3O3. The van der Waals surface area contributed by atoms with Crippen LogP contribution in [0.15, 0.2) is 11.3 Å². The first-order valence-corrected chi connectivity index (χ1v) is 7.49. The summed E-state index contributed by atoms with van der Waals surface area (Å²) in [7, 11) is 0. The number of nitriles is 1. The molecule has 0 aromatic rings. The highest BCUT2D eigenvalue weighted by atomic mass is 16.5. The molecule has 6 nitrogen and oxygen atoms in total. The summed E-state index contributed by atoms with van der Waals surface area (Å²) in [5, 5.41) is 15.2. The molecule has 2 aliphatic rings. The summed E-state index contributed by atoms with van der Waals surface area (Å²) in [6.07, 6.45) is 4.39. The second-order valence-corrected chi connectivity index (χ2v) is 5.60. The molecule has 0 aromatic carbocycles. The fourth-order valence-corrected chi connectivity index (χ4v) is 2.68. The third kappa shape index (κ3) is 3.35. The quantitative estimate of drug-likeness (QED) is 0.462. The van der Waals surface area contributed by atoms with Crippen LogP contribution in [0, 0.1) is 11.3 Å². The van der Waals surface area contributed by atoms with Crippen LogP contribution in [0.4, 0.5) is 0 Å². The van der Waals surface area contributed by atoms with Crippen molar-refractivity contribution in [3.8, 4) is 6.07 Å². The van der Waals surface area contributed by atoms with Gasteiger partial charge in [0.15, 0.2) is 5.57 Å². The zero-order valence-corrected chi connectivity index (χ0v) is 12.4. The van der Waals surface area contributed by atoms with Crippen LogP contribution in [0.5, 0.6) is 0 Å². The molecule has 1 saturated heterocycles. The number of fused-ring (bicyclic) bond motifs is 1. The minimum absolute atomic E-state index is 0.0500. The van der Waals surface area contributed by atoms with E-state index in [9.17, 15) is 14.9 Å². The van der Waals surface area contributed by atoms with Gasteiger partial charge in [-0.15, -0.1) is 0 Å². The molecule has 1 unspecified atom stereocenters. The summed E-state index contributed by atoms with van der Waals surface area (Å²) in [5.41, 5.74) is -0.189. The Bertz CT molecular complexity index is 507. The molecule has 3 atom stereocenters. The average molecular weight is 291 g/mol. The molecule has 6 heteroatoms. The van der Waals surface area contributed by atoms with Gasteiger partial charge in [0, 0.05) is 12.1 Å². The zero-order valence-electron chi connectivity index (χ0n) is 12.4. The van der Waals surface area contributed by atoms with Gasteiger partial charge in [0.2, 0.25) is 0 Å². The van der Waals surface area contributed by atoms with Gasteiger partial charge in [-0.1, -0.05) is 19.8 Å². The van der Waals surface area contributed by atoms with E-state index in [1.54, 1.807) is 6.92 Å². The second-order valence-electron chi connectivity index (χ2n) is 5.60. The smallest absolute Gasteiger partial charge is 0.351 e. The first-order chi connectivity index (χ1) is 10.1. The van der Waals surface area contributed by atoms with E-state index in [1.165, 1.54) is 0 Å². The highest BCUT2D eigenvalue weighted by Crippen LogP contribution is 2.23. The summed E-state index contributed by atoms with van der Waals surface area (Å²) < 4.78 is 5.15. The molecule has 2 fully saturated rings. The van der Waals surface area contributed by atoms with E-state index in [-0.39, 0.29) is 29.5 Å². The van der Waals surface area contributed by atoms with E-state index in [2.05, 4.69) is 10.6 Å².